The molecule has 2 saturated heterocycles. The minimum absolute atomic E-state index is 0.106. The molecule has 2 aromatic carbocycles. The maximum absolute atomic E-state index is 11.5. The van der Waals surface area contributed by atoms with Crippen LogP contribution in [-0.4, -0.2) is 57.2 Å². The Balaban J connectivity index is 1.33. The molecule has 0 amide bonds. The number of hydrogen-bond donors (Lipinski definition) is 1. The van der Waals surface area contributed by atoms with Gasteiger partial charge in [0.2, 0.25) is 23.6 Å². The Bertz CT molecular complexity index is 1400. The minimum Gasteiger partial charge on any atom is -0.450 e. The van der Waals surface area contributed by atoms with Crippen LogP contribution < -0.4 is 20.0 Å². The zero-order valence-corrected chi connectivity index (χ0v) is 23.2. The van der Waals surface area contributed by atoms with E-state index in [0.717, 1.165) is 64.0 Å². The van der Waals surface area contributed by atoms with Crippen molar-refractivity contribution in [2.45, 2.75) is 51.4 Å². The third-order valence-corrected chi connectivity index (χ3v) is 7.20. The van der Waals surface area contributed by atoms with Crippen LogP contribution in [-0.2, 0) is 0 Å². The van der Waals surface area contributed by atoms with E-state index in [1.807, 2.05) is 0 Å². The second-order valence-corrected chi connectivity index (χ2v) is 10.3. The van der Waals surface area contributed by atoms with E-state index in [1.165, 1.54) is 31.7 Å². The molecule has 220 valence electrons. The second kappa shape index (κ2) is 13.7. The molecule has 3 heterocycles. The van der Waals surface area contributed by atoms with Crippen molar-refractivity contribution >= 4 is 35.4 Å². The van der Waals surface area contributed by atoms with Gasteiger partial charge in [-0.1, -0.05) is 37.8 Å². The van der Waals surface area contributed by atoms with Crippen LogP contribution in [0.1, 0.15) is 56.9 Å². The molecule has 0 unspecified atom stereocenters. The van der Waals surface area contributed by atoms with E-state index >= 15 is 0 Å². The average molecular weight is 576 g/mol. The molecule has 3 aromatic rings. The van der Waals surface area contributed by atoms with Gasteiger partial charge in [-0.15, -0.1) is 0 Å². The summed E-state index contributed by atoms with van der Waals surface area (Å²) in [6, 6.07) is 10.0. The number of anilines is 3. The largest absolute Gasteiger partial charge is 0.450 e. The van der Waals surface area contributed by atoms with Gasteiger partial charge in [-0.3, -0.25) is 20.2 Å². The molecule has 14 heteroatoms. The lowest BCUT2D eigenvalue weighted by Crippen LogP contribution is -2.30. The molecule has 2 aliphatic rings. The highest BCUT2D eigenvalue weighted by Crippen LogP contribution is 2.34. The van der Waals surface area contributed by atoms with Crippen molar-refractivity contribution in [3.63, 3.8) is 0 Å². The predicted molar refractivity (Wildman–Crippen MR) is 159 cm³/mol. The Morgan fingerprint density at radius 2 is 1.40 bits per heavy atom. The number of non-ortho nitro benzene ring substituents is 1. The van der Waals surface area contributed by atoms with Gasteiger partial charge in [0.05, 0.1) is 22.1 Å². The van der Waals surface area contributed by atoms with Gasteiger partial charge in [-0.25, -0.2) is 5.43 Å². The predicted octanol–water partition coefficient (Wildman–Crippen LogP) is 5.69. The summed E-state index contributed by atoms with van der Waals surface area (Å²) in [6.45, 7) is 3.63. The van der Waals surface area contributed by atoms with Crippen molar-refractivity contribution < 1.29 is 14.6 Å². The number of ether oxygens (including phenoxy) is 1. The van der Waals surface area contributed by atoms with Crippen LogP contribution in [0.15, 0.2) is 47.6 Å². The van der Waals surface area contributed by atoms with Crippen molar-refractivity contribution in [2.24, 2.45) is 5.10 Å². The number of nitrogens with zero attached hydrogens (tertiary/aromatic N) is 8. The van der Waals surface area contributed by atoms with E-state index in [-0.39, 0.29) is 5.75 Å². The molecular formula is C28H33N9O5. The number of nitro groups is 2. The second-order valence-electron chi connectivity index (χ2n) is 10.3. The summed E-state index contributed by atoms with van der Waals surface area (Å²) in [4.78, 5) is 39.7. The summed E-state index contributed by atoms with van der Waals surface area (Å²) >= 11 is 0. The van der Waals surface area contributed by atoms with Gasteiger partial charge in [0, 0.05) is 32.2 Å². The van der Waals surface area contributed by atoms with Crippen LogP contribution >= 0.6 is 0 Å². The summed E-state index contributed by atoms with van der Waals surface area (Å²) in [5.41, 5.74) is 2.71. The molecule has 2 fully saturated rings. The Kier molecular flexibility index (Phi) is 9.31. The van der Waals surface area contributed by atoms with Crippen LogP contribution in [0.4, 0.5) is 29.2 Å². The number of aromatic nitrogens is 3. The molecule has 5 rings (SSSR count). The fourth-order valence-electron chi connectivity index (χ4n) is 5.03. The zero-order chi connectivity index (χ0) is 29.3. The first-order valence-electron chi connectivity index (χ1n) is 14.2. The van der Waals surface area contributed by atoms with Crippen molar-refractivity contribution in [3.05, 3.63) is 68.3 Å². The number of benzene rings is 2. The van der Waals surface area contributed by atoms with Crippen LogP contribution in [0, 0.1) is 20.2 Å². The van der Waals surface area contributed by atoms with Crippen molar-refractivity contribution in [1.82, 2.24) is 15.0 Å². The SMILES string of the molecule is O=[N+]([O-])c1ccc(Oc2cccc(C=NNc3nc(N4CCCCCC4)nc(N4CCCCCC4)n3)c2)c([N+](=O)[O-])c1. The molecule has 42 heavy (non-hydrogen) atoms. The lowest BCUT2D eigenvalue weighted by molar-refractivity contribution is -0.394. The fourth-order valence-corrected chi connectivity index (χ4v) is 5.03. The van der Waals surface area contributed by atoms with E-state index in [2.05, 4.69) is 30.3 Å². The first kappa shape index (κ1) is 28.6. The topological polar surface area (TPSA) is 165 Å². The third kappa shape index (κ3) is 7.44. The van der Waals surface area contributed by atoms with Gasteiger partial charge in [-0.05, 0) is 49.4 Å². The molecule has 0 bridgehead atoms. The van der Waals surface area contributed by atoms with E-state index in [4.69, 9.17) is 9.72 Å². The highest BCUT2D eigenvalue weighted by molar-refractivity contribution is 5.80. The summed E-state index contributed by atoms with van der Waals surface area (Å²) < 4.78 is 5.71. The zero-order valence-electron chi connectivity index (χ0n) is 23.2. The molecule has 14 nitrogen and oxygen atoms in total. The maximum atomic E-state index is 11.5. The van der Waals surface area contributed by atoms with Gasteiger partial charge in [0.15, 0.2) is 0 Å². The number of nitro benzene ring substituents is 2. The smallest absolute Gasteiger partial charge is 0.318 e. The number of rotatable bonds is 9. The quantitative estimate of drug-likeness (QED) is 0.189. The molecule has 0 spiro atoms. The molecule has 0 saturated carbocycles. The van der Waals surface area contributed by atoms with Crippen molar-refractivity contribution in [1.29, 1.82) is 0 Å². The first-order valence-corrected chi connectivity index (χ1v) is 14.2. The molecule has 0 radical (unpaired) electrons. The standard InChI is InChI=1S/C28H33N9O5/c38-36(39)22-12-13-25(24(19-22)37(40)41)42-23-11-9-10-21(18-23)20-29-33-26-30-27(34-14-5-1-2-6-15-34)32-28(31-26)35-16-7-3-4-8-17-35/h9-13,18-20H,1-8,14-17H2,(H,30,31,32,33). The molecule has 0 aliphatic carbocycles. The van der Waals surface area contributed by atoms with Gasteiger partial charge < -0.3 is 14.5 Å². The van der Waals surface area contributed by atoms with E-state index in [9.17, 15) is 20.2 Å². The monoisotopic (exact) mass is 575 g/mol. The summed E-state index contributed by atoms with van der Waals surface area (Å²) in [5, 5.41) is 26.8. The normalized spacial score (nSPS) is 16.1. The summed E-state index contributed by atoms with van der Waals surface area (Å²) in [6.07, 6.45) is 10.8. The van der Waals surface area contributed by atoms with Gasteiger partial charge in [0.1, 0.15) is 5.75 Å². The van der Waals surface area contributed by atoms with Crippen LogP contribution in [0.5, 0.6) is 11.5 Å². The number of hydrogen-bond acceptors (Lipinski definition) is 12. The lowest BCUT2D eigenvalue weighted by Gasteiger charge is -2.24. The van der Waals surface area contributed by atoms with Crippen LogP contribution in [0.3, 0.4) is 0 Å². The van der Waals surface area contributed by atoms with Crippen molar-refractivity contribution in [2.75, 3.05) is 41.4 Å². The first-order chi connectivity index (χ1) is 20.5. The van der Waals surface area contributed by atoms with Crippen molar-refractivity contribution in [3.8, 4) is 11.5 Å². The Morgan fingerprint density at radius 3 is 1.98 bits per heavy atom. The maximum Gasteiger partial charge on any atom is 0.318 e. The lowest BCUT2D eigenvalue weighted by atomic mass is 10.2. The van der Waals surface area contributed by atoms with E-state index in [0.29, 0.717) is 29.2 Å². The Labute approximate surface area is 242 Å². The van der Waals surface area contributed by atoms with Gasteiger partial charge in [0.25, 0.3) is 5.69 Å². The molecule has 0 atom stereocenters. The molecule has 2 aliphatic heterocycles. The fraction of sp³-hybridized carbons (Fsp3) is 0.429. The highest BCUT2D eigenvalue weighted by Gasteiger charge is 2.22. The number of hydrazone groups is 1. The Hall–Kier alpha value is -4.88. The minimum atomic E-state index is -0.716. The van der Waals surface area contributed by atoms with Gasteiger partial charge in [-0.2, -0.15) is 20.1 Å². The summed E-state index contributed by atoms with van der Waals surface area (Å²) in [5.74, 6) is 1.87. The molecular weight excluding hydrogens is 542 g/mol. The number of nitrogens with one attached hydrogen (secondary N) is 1. The third-order valence-electron chi connectivity index (χ3n) is 7.20. The van der Waals surface area contributed by atoms with E-state index < -0.39 is 21.2 Å². The Morgan fingerprint density at radius 1 is 0.786 bits per heavy atom. The van der Waals surface area contributed by atoms with Crippen LogP contribution in [0.25, 0.3) is 0 Å². The molecule has 1 N–H and O–H groups in total. The van der Waals surface area contributed by atoms with Gasteiger partial charge >= 0.3 is 5.69 Å². The molecule has 1 aromatic heterocycles. The summed E-state index contributed by atoms with van der Waals surface area (Å²) in [7, 11) is 0. The van der Waals surface area contributed by atoms with E-state index in [1.54, 1.807) is 30.5 Å². The average Bonchev–Trinajstić information content (AvgIpc) is 3.44. The highest BCUT2D eigenvalue weighted by atomic mass is 16.6. The van der Waals surface area contributed by atoms with Crippen LogP contribution in [0.2, 0.25) is 0 Å².